The third-order valence-electron chi connectivity index (χ3n) is 7.38. The van der Waals surface area contributed by atoms with Gasteiger partial charge in [0, 0.05) is 50.5 Å². The minimum atomic E-state index is -4.38. The van der Waals surface area contributed by atoms with Gasteiger partial charge in [-0.25, -0.2) is 4.98 Å². The molecule has 1 aromatic heterocycles. The standard InChI is InChI=1S/C27H35F3N4O/c1-2-20-3-7-24(8-4-20)33-15-11-21(12-16-33)5-10-26(35)34-17-13-23(14-18-34)32-25-9-6-22(19-31-25)27(28,29)30/h3-4,6-9,19,21,23H,2,5,10-18H2,1H3,(H,31,32). The summed E-state index contributed by atoms with van der Waals surface area (Å²) >= 11 is 0. The van der Waals surface area contributed by atoms with Crippen molar-refractivity contribution < 1.29 is 18.0 Å². The number of aromatic nitrogens is 1. The Labute approximate surface area is 205 Å². The number of amides is 1. The number of carbonyl (C=O) groups is 1. The van der Waals surface area contributed by atoms with Gasteiger partial charge in [0.15, 0.2) is 0 Å². The fourth-order valence-corrected chi connectivity index (χ4v) is 5.04. The van der Waals surface area contributed by atoms with Gasteiger partial charge in [-0.1, -0.05) is 19.1 Å². The molecule has 1 N–H and O–H groups in total. The summed E-state index contributed by atoms with van der Waals surface area (Å²) in [5, 5.41) is 3.21. The lowest BCUT2D eigenvalue weighted by molar-refractivity contribution is -0.137. The number of piperidine rings is 2. The maximum Gasteiger partial charge on any atom is 0.417 e. The van der Waals surface area contributed by atoms with Gasteiger partial charge in [-0.2, -0.15) is 13.2 Å². The maximum absolute atomic E-state index is 12.8. The first-order valence-electron chi connectivity index (χ1n) is 12.7. The van der Waals surface area contributed by atoms with Crippen LogP contribution in [0, 0.1) is 5.92 Å². The molecule has 2 saturated heterocycles. The molecule has 2 aliphatic rings. The average Bonchev–Trinajstić information content (AvgIpc) is 2.88. The molecule has 0 bridgehead atoms. The summed E-state index contributed by atoms with van der Waals surface area (Å²) in [6.45, 7) is 5.59. The number of halogens is 3. The van der Waals surface area contributed by atoms with E-state index in [0.717, 1.165) is 63.9 Å². The topological polar surface area (TPSA) is 48.5 Å². The first-order valence-corrected chi connectivity index (χ1v) is 12.7. The molecule has 2 aliphatic heterocycles. The van der Waals surface area contributed by atoms with Crippen molar-refractivity contribution in [3.8, 4) is 0 Å². The third kappa shape index (κ3) is 6.89. The highest BCUT2D eigenvalue weighted by molar-refractivity contribution is 5.76. The molecule has 4 rings (SSSR count). The number of alkyl halides is 3. The van der Waals surface area contributed by atoms with Gasteiger partial charge >= 0.3 is 6.18 Å². The zero-order chi connectivity index (χ0) is 24.8. The summed E-state index contributed by atoms with van der Waals surface area (Å²) in [6, 6.07) is 11.4. The highest BCUT2D eigenvalue weighted by Gasteiger charge is 2.31. The maximum atomic E-state index is 12.8. The third-order valence-corrected chi connectivity index (χ3v) is 7.38. The number of hydrogen-bond acceptors (Lipinski definition) is 4. The van der Waals surface area contributed by atoms with Crippen LogP contribution in [0.15, 0.2) is 42.6 Å². The number of anilines is 2. The molecule has 1 amide bonds. The molecule has 0 saturated carbocycles. The molecule has 2 fully saturated rings. The summed E-state index contributed by atoms with van der Waals surface area (Å²) in [6.07, 6.45) is 2.84. The second kappa shape index (κ2) is 11.3. The number of hydrogen-bond donors (Lipinski definition) is 1. The number of nitrogens with zero attached hydrogens (tertiary/aromatic N) is 3. The van der Waals surface area contributed by atoms with Crippen LogP contribution in [-0.4, -0.2) is 48.0 Å². The van der Waals surface area contributed by atoms with Crippen molar-refractivity contribution in [2.75, 3.05) is 36.4 Å². The summed E-state index contributed by atoms with van der Waals surface area (Å²) in [5.74, 6) is 1.25. The highest BCUT2D eigenvalue weighted by Crippen LogP contribution is 2.30. The number of aryl methyl sites for hydroxylation is 1. The van der Waals surface area contributed by atoms with Crippen LogP contribution in [0.25, 0.3) is 0 Å². The van der Waals surface area contributed by atoms with E-state index in [-0.39, 0.29) is 11.9 Å². The van der Waals surface area contributed by atoms with Crippen molar-refractivity contribution in [1.29, 1.82) is 0 Å². The van der Waals surface area contributed by atoms with Crippen molar-refractivity contribution in [3.05, 3.63) is 53.7 Å². The largest absolute Gasteiger partial charge is 0.417 e. The number of likely N-dealkylation sites (tertiary alicyclic amines) is 1. The van der Waals surface area contributed by atoms with Crippen molar-refractivity contribution >= 4 is 17.4 Å². The van der Waals surface area contributed by atoms with Gasteiger partial charge < -0.3 is 15.1 Å². The lowest BCUT2D eigenvalue weighted by Crippen LogP contribution is -2.42. The molecule has 0 radical (unpaired) electrons. The Morgan fingerprint density at radius 2 is 1.69 bits per heavy atom. The summed E-state index contributed by atoms with van der Waals surface area (Å²) in [5.41, 5.74) is 1.90. The van der Waals surface area contributed by atoms with E-state index < -0.39 is 11.7 Å². The Morgan fingerprint density at radius 1 is 1.00 bits per heavy atom. The van der Waals surface area contributed by atoms with Crippen molar-refractivity contribution in [2.24, 2.45) is 5.92 Å². The van der Waals surface area contributed by atoms with Gasteiger partial charge in [-0.3, -0.25) is 4.79 Å². The van der Waals surface area contributed by atoms with Gasteiger partial charge in [-0.15, -0.1) is 0 Å². The SMILES string of the molecule is CCc1ccc(N2CCC(CCC(=O)N3CCC(Nc4ccc(C(F)(F)F)cn4)CC3)CC2)cc1. The number of carbonyl (C=O) groups excluding carboxylic acids is 1. The molecule has 190 valence electrons. The van der Waals surface area contributed by atoms with Crippen LogP contribution in [-0.2, 0) is 17.4 Å². The number of benzene rings is 1. The van der Waals surface area contributed by atoms with E-state index in [1.165, 1.54) is 17.3 Å². The number of rotatable bonds is 7. The molecule has 1 aromatic carbocycles. The second-order valence-corrected chi connectivity index (χ2v) is 9.72. The first-order chi connectivity index (χ1) is 16.8. The van der Waals surface area contributed by atoms with E-state index in [4.69, 9.17) is 0 Å². The van der Waals surface area contributed by atoms with E-state index >= 15 is 0 Å². The monoisotopic (exact) mass is 488 g/mol. The number of nitrogens with one attached hydrogen (secondary N) is 1. The molecule has 5 nitrogen and oxygen atoms in total. The lowest BCUT2D eigenvalue weighted by atomic mass is 9.91. The molecular formula is C27H35F3N4O. The zero-order valence-corrected chi connectivity index (χ0v) is 20.4. The van der Waals surface area contributed by atoms with E-state index in [0.29, 0.717) is 31.2 Å². The summed E-state index contributed by atoms with van der Waals surface area (Å²) in [7, 11) is 0. The van der Waals surface area contributed by atoms with Crippen LogP contribution in [0.5, 0.6) is 0 Å². The predicted molar refractivity (Wildman–Crippen MR) is 132 cm³/mol. The van der Waals surface area contributed by atoms with Crippen LogP contribution in [0.2, 0.25) is 0 Å². The van der Waals surface area contributed by atoms with Crippen molar-refractivity contribution in [3.63, 3.8) is 0 Å². The Balaban J connectivity index is 1.14. The molecule has 0 aliphatic carbocycles. The average molecular weight is 489 g/mol. The molecule has 0 atom stereocenters. The molecule has 35 heavy (non-hydrogen) atoms. The smallest absolute Gasteiger partial charge is 0.372 e. The van der Waals surface area contributed by atoms with Gasteiger partial charge in [0.1, 0.15) is 5.82 Å². The first kappa shape index (κ1) is 25.3. The Bertz CT molecular complexity index is 946. The Hall–Kier alpha value is -2.77. The fraction of sp³-hybridized carbons (Fsp3) is 0.556. The fourth-order valence-electron chi connectivity index (χ4n) is 5.04. The van der Waals surface area contributed by atoms with Gasteiger partial charge in [0.25, 0.3) is 0 Å². The van der Waals surface area contributed by atoms with Crippen LogP contribution >= 0.6 is 0 Å². The number of pyridine rings is 1. The molecule has 0 unspecified atom stereocenters. The minimum absolute atomic E-state index is 0.110. The Kier molecular flexibility index (Phi) is 8.19. The summed E-state index contributed by atoms with van der Waals surface area (Å²) in [4.78, 5) is 21.0. The van der Waals surface area contributed by atoms with Crippen molar-refractivity contribution in [1.82, 2.24) is 9.88 Å². The Morgan fingerprint density at radius 3 is 2.26 bits per heavy atom. The second-order valence-electron chi connectivity index (χ2n) is 9.72. The molecular weight excluding hydrogens is 453 g/mol. The lowest BCUT2D eigenvalue weighted by Gasteiger charge is -2.35. The van der Waals surface area contributed by atoms with Crippen LogP contribution in [0.1, 0.15) is 56.6 Å². The van der Waals surface area contributed by atoms with Crippen LogP contribution in [0.3, 0.4) is 0 Å². The van der Waals surface area contributed by atoms with Gasteiger partial charge in [0.05, 0.1) is 5.56 Å². The van der Waals surface area contributed by atoms with E-state index in [9.17, 15) is 18.0 Å². The zero-order valence-electron chi connectivity index (χ0n) is 20.4. The van der Waals surface area contributed by atoms with Crippen molar-refractivity contribution in [2.45, 2.75) is 64.1 Å². The normalized spacial score (nSPS) is 18.1. The minimum Gasteiger partial charge on any atom is -0.372 e. The van der Waals surface area contributed by atoms with Gasteiger partial charge in [0.2, 0.25) is 5.91 Å². The molecule has 0 spiro atoms. The van der Waals surface area contributed by atoms with E-state index in [1.54, 1.807) is 0 Å². The molecule has 3 heterocycles. The quantitative estimate of drug-likeness (QED) is 0.538. The van der Waals surface area contributed by atoms with E-state index in [1.807, 2.05) is 4.90 Å². The van der Waals surface area contributed by atoms with Crippen LogP contribution in [0.4, 0.5) is 24.7 Å². The molecule has 8 heteroatoms. The van der Waals surface area contributed by atoms with Crippen LogP contribution < -0.4 is 10.2 Å². The van der Waals surface area contributed by atoms with Gasteiger partial charge in [-0.05, 0) is 74.3 Å². The summed E-state index contributed by atoms with van der Waals surface area (Å²) < 4.78 is 38.1. The molecule has 2 aromatic rings. The highest BCUT2D eigenvalue weighted by atomic mass is 19.4. The predicted octanol–water partition coefficient (Wildman–Crippen LogP) is 5.76. The van der Waals surface area contributed by atoms with E-state index in [2.05, 4.69) is 46.4 Å².